The van der Waals surface area contributed by atoms with E-state index in [0.29, 0.717) is 45.6 Å². The summed E-state index contributed by atoms with van der Waals surface area (Å²) >= 11 is 0. The molecule has 3 atom stereocenters. The lowest BCUT2D eigenvalue weighted by Crippen LogP contribution is -2.51. The number of hydrogen-bond donors (Lipinski definition) is 1. The first-order chi connectivity index (χ1) is 20.5. The summed E-state index contributed by atoms with van der Waals surface area (Å²) in [5.74, 6) is -0.0512. The van der Waals surface area contributed by atoms with Crippen LogP contribution in [-0.2, 0) is 15.2 Å². The molecule has 42 heavy (non-hydrogen) atoms. The third-order valence-corrected chi connectivity index (χ3v) is 8.23. The Morgan fingerprint density at radius 3 is 2.12 bits per heavy atom. The van der Waals surface area contributed by atoms with Crippen LogP contribution >= 0.6 is 0 Å². The van der Waals surface area contributed by atoms with Crippen molar-refractivity contribution in [1.29, 1.82) is 0 Å². The molecule has 0 aromatic heterocycles. The van der Waals surface area contributed by atoms with Crippen molar-refractivity contribution >= 4 is 22.7 Å². The molecular weight excluding hydrogens is 528 g/mol. The first kappa shape index (κ1) is 25.7. The van der Waals surface area contributed by atoms with E-state index in [1.807, 2.05) is 84.9 Å². The van der Waals surface area contributed by atoms with Crippen molar-refractivity contribution in [3.05, 3.63) is 144 Å². The summed E-state index contributed by atoms with van der Waals surface area (Å²) in [5, 5.41) is 13.7. The van der Waals surface area contributed by atoms with Crippen LogP contribution in [0.15, 0.2) is 122 Å². The molecule has 0 radical (unpaired) electrons. The van der Waals surface area contributed by atoms with Crippen LogP contribution in [-0.4, -0.2) is 17.0 Å². The molecular formula is C36H26O6. The number of aliphatic hydroxyl groups is 1. The van der Waals surface area contributed by atoms with Crippen LogP contribution < -0.4 is 14.2 Å². The van der Waals surface area contributed by atoms with Gasteiger partial charge in [0.25, 0.3) is 0 Å². The summed E-state index contributed by atoms with van der Waals surface area (Å²) < 4.78 is 17.5. The molecule has 6 nitrogen and oxygen atoms in total. The van der Waals surface area contributed by atoms with Crippen molar-refractivity contribution in [3.8, 4) is 23.0 Å². The van der Waals surface area contributed by atoms with Crippen molar-refractivity contribution in [2.24, 2.45) is 5.92 Å². The SMILES string of the molecule is C=CC(=O)Oc1ccc(OC(=O)C2CC3c4ccccc4C2(O)c2ccc(Oc4ccccc4)cc23)c2ccccc12. The number of fused-ring (bicyclic) bond motifs is 2. The molecule has 0 spiro atoms. The van der Waals surface area contributed by atoms with E-state index in [-0.39, 0.29) is 5.92 Å². The number of benzene rings is 5. The standard InChI is InChI=1S/C36H26O6/c1-2-34(37)41-32-18-19-33(26-14-7-6-13-25(26)32)42-35(38)31-21-27-24-12-8-9-15-29(24)36(31,39)30-17-16-23(20-28(27)30)40-22-10-4-3-5-11-22/h2-20,27,31,39H,1,21H2. The molecule has 3 unspecified atom stereocenters. The highest BCUT2D eigenvalue weighted by atomic mass is 16.5. The van der Waals surface area contributed by atoms with Gasteiger partial charge in [-0.1, -0.05) is 79.4 Å². The van der Waals surface area contributed by atoms with E-state index in [9.17, 15) is 14.7 Å². The van der Waals surface area contributed by atoms with Crippen LogP contribution in [0.5, 0.6) is 23.0 Å². The van der Waals surface area contributed by atoms with Gasteiger partial charge in [-0.25, -0.2) is 4.79 Å². The second-order valence-electron chi connectivity index (χ2n) is 10.5. The molecule has 0 saturated carbocycles. The number of para-hydroxylation sites is 1. The first-order valence-electron chi connectivity index (χ1n) is 13.7. The second-order valence-corrected chi connectivity index (χ2v) is 10.5. The van der Waals surface area contributed by atoms with Gasteiger partial charge in [-0.05, 0) is 65.1 Å². The Morgan fingerprint density at radius 2 is 1.38 bits per heavy atom. The predicted octanol–water partition coefficient (Wildman–Crippen LogP) is 7.03. The summed E-state index contributed by atoms with van der Waals surface area (Å²) in [5.41, 5.74) is 1.73. The molecule has 206 valence electrons. The number of hydrogen-bond acceptors (Lipinski definition) is 6. The van der Waals surface area contributed by atoms with Gasteiger partial charge in [-0.15, -0.1) is 0 Å². The predicted molar refractivity (Wildman–Crippen MR) is 158 cm³/mol. The van der Waals surface area contributed by atoms with Gasteiger partial charge in [0.2, 0.25) is 0 Å². The fourth-order valence-corrected chi connectivity index (χ4v) is 6.38. The van der Waals surface area contributed by atoms with Gasteiger partial charge < -0.3 is 19.3 Å². The van der Waals surface area contributed by atoms with Gasteiger partial charge in [0.15, 0.2) is 0 Å². The summed E-state index contributed by atoms with van der Waals surface area (Å²) in [7, 11) is 0. The Hall–Kier alpha value is -5.20. The molecule has 8 rings (SSSR count). The minimum Gasteiger partial charge on any atom is -0.457 e. The number of ether oxygens (including phenoxy) is 3. The average Bonchev–Trinajstić information content (AvgIpc) is 3.02. The minimum absolute atomic E-state index is 0.125. The Morgan fingerprint density at radius 1 is 0.738 bits per heavy atom. The summed E-state index contributed by atoms with van der Waals surface area (Å²) in [6.07, 6.45) is 1.47. The zero-order valence-corrected chi connectivity index (χ0v) is 22.5. The van der Waals surface area contributed by atoms with Gasteiger partial charge in [0.1, 0.15) is 28.6 Å². The Bertz CT molecular complexity index is 1880. The second kappa shape index (κ2) is 10.0. The van der Waals surface area contributed by atoms with E-state index in [2.05, 4.69) is 6.58 Å². The van der Waals surface area contributed by atoms with Crippen LogP contribution in [0.3, 0.4) is 0 Å². The molecule has 0 heterocycles. The van der Waals surface area contributed by atoms with Crippen molar-refractivity contribution in [2.45, 2.75) is 17.9 Å². The molecule has 6 heteroatoms. The van der Waals surface area contributed by atoms with Gasteiger partial charge >= 0.3 is 11.9 Å². The summed E-state index contributed by atoms with van der Waals surface area (Å²) in [4.78, 5) is 25.8. The average molecular weight is 555 g/mol. The van der Waals surface area contributed by atoms with E-state index in [0.717, 1.165) is 23.0 Å². The van der Waals surface area contributed by atoms with Gasteiger partial charge in [-0.2, -0.15) is 0 Å². The lowest BCUT2D eigenvalue weighted by Gasteiger charge is -2.50. The molecule has 5 aromatic rings. The molecule has 2 bridgehead atoms. The van der Waals surface area contributed by atoms with Crippen LogP contribution in [0.25, 0.3) is 10.8 Å². The molecule has 5 aromatic carbocycles. The minimum atomic E-state index is -1.59. The third-order valence-electron chi connectivity index (χ3n) is 8.23. The largest absolute Gasteiger partial charge is 0.457 e. The van der Waals surface area contributed by atoms with Crippen LogP contribution in [0.1, 0.15) is 34.6 Å². The molecule has 0 saturated heterocycles. The van der Waals surface area contributed by atoms with Crippen molar-refractivity contribution in [3.63, 3.8) is 0 Å². The smallest absolute Gasteiger partial charge is 0.335 e. The normalized spacial score (nSPS) is 19.8. The van der Waals surface area contributed by atoms with Crippen LogP contribution in [0.4, 0.5) is 0 Å². The maximum atomic E-state index is 13.9. The monoisotopic (exact) mass is 554 g/mol. The maximum Gasteiger partial charge on any atom is 0.335 e. The number of carbonyl (C=O) groups is 2. The molecule has 0 aliphatic heterocycles. The highest BCUT2D eigenvalue weighted by molar-refractivity contribution is 5.97. The van der Waals surface area contributed by atoms with Crippen molar-refractivity contribution in [1.82, 2.24) is 0 Å². The first-order valence-corrected chi connectivity index (χ1v) is 13.7. The topological polar surface area (TPSA) is 82.1 Å². The molecule has 0 fully saturated rings. The Kier molecular flexibility index (Phi) is 6.14. The zero-order chi connectivity index (χ0) is 28.8. The van der Waals surface area contributed by atoms with E-state index in [1.165, 1.54) is 0 Å². The van der Waals surface area contributed by atoms with Gasteiger partial charge in [0, 0.05) is 22.8 Å². The van der Waals surface area contributed by atoms with E-state index < -0.39 is 23.5 Å². The fourth-order valence-electron chi connectivity index (χ4n) is 6.38. The summed E-state index contributed by atoms with van der Waals surface area (Å²) in [6.45, 7) is 3.45. The van der Waals surface area contributed by atoms with Crippen LogP contribution in [0, 0.1) is 5.92 Å². The lowest BCUT2D eigenvalue weighted by atomic mass is 9.56. The number of rotatable bonds is 6. The molecule has 1 N–H and O–H groups in total. The zero-order valence-electron chi connectivity index (χ0n) is 22.5. The number of esters is 2. The molecule has 3 aliphatic carbocycles. The lowest BCUT2D eigenvalue weighted by molar-refractivity contribution is -0.149. The highest BCUT2D eigenvalue weighted by Gasteiger charge is 2.57. The van der Waals surface area contributed by atoms with Gasteiger partial charge in [0.05, 0.1) is 5.92 Å². The quantitative estimate of drug-likeness (QED) is 0.138. The fraction of sp³-hybridized carbons (Fsp3) is 0.111. The van der Waals surface area contributed by atoms with Crippen molar-refractivity contribution < 1.29 is 28.9 Å². The third kappa shape index (κ3) is 4.07. The van der Waals surface area contributed by atoms with E-state index in [4.69, 9.17) is 14.2 Å². The Labute approximate surface area is 242 Å². The summed E-state index contributed by atoms with van der Waals surface area (Å²) in [6, 6.07) is 33.3. The molecule has 3 aliphatic rings. The van der Waals surface area contributed by atoms with Crippen LogP contribution in [0.2, 0.25) is 0 Å². The number of carbonyl (C=O) groups excluding carboxylic acids is 2. The maximum absolute atomic E-state index is 13.9. The Balaban J connectivity index is 1.26. The van der Waals surface area contributed by atoms with E-state index in [1.54, 1.807) is 24.3 Å². The highest BCUT2D eigenvalue weighted by Crippen LogP contribution is 2.58. The van der Waals surface area contributed by atoms with E-state index >= 15 is 0 Å². The van der Waals surface area contributed by atoms with Crippen molar-refractivity contribution in [2.75, 3.05) is 0 Å². The molecule has 0 amide bonds. The van der Waals surface area contributed by atoms with Gasteiger partial charge in [-0.3, -0.25) is 4.79 Å².